The summed E-state index contributed by atoms with van der Waals surface area (Å²) in [5.74, 6) is -3.35. The molecule has 0 bridgehead atoms. The summed E-state index contributed by atoms with van der Waals surface area (Å²) >= 11 is 0. The van der Waals surface area contributed by atoms with Gasteiger partial charge in [0.1, 0.15) is 5.71 Å². The SMILES string of the molecule is CCOC(=O)C(=N)C1=C(C)CCC2(C1)CC2(F)F. The van der Waals surface area contributed by atoms with E-state index in [0.29, 0.717) is 18.4 Å². The Kier molecular flexibility index (Phi) is 3.03. The molecule has 0 saturated heterocycles. The van der Waals surface area contributed by atoms with Crippen LogP contribution in [-0.2, 0) is 9.53 Å². The van der Waals surface area contributed by atoms with Crippen LogP contribution in [0.4, 0.5) is 8.78 Å². The molecule has 1 saturated carbocycles. The van der Waals surface area contributed by atoms with Crippen LogP contribution in [0.15, 0.2) is 11.1 Å². The average molecular weight is 257 g/mol. The number of esters is 1. The summed E-state index contributed by atoms with van der Waals surface area (Å²) in [5, 5.41) is 7.78. The molecule has 1 N–H and O–H groups in total. The molecular formula is C13H17F2NO2. The molecular weight excluding hydrogens is 240 g/mol. The minimum Gasteiger partial charge on any atom is -0.461 e. The summed E-state index contributed by atoms with van der Waals surface area (Å²) in [6, 6.07) is 0. The normalized spacial score (nSPS) is 29.3. The molecule has 1 unspecified atom stereocenters. The Balaban J connectivity index is 2.17. The first-order valence-corrected chi connectivity index (χ1v) is 6.15. The van der Waals surface area contributed by atoms with E-state index in [4.69, 9.17) is 10.1 Å². The number of ether oxygens (including phenoxy) is 1. The van der Waals surface area contributed by atoms with Crippen LogP contribution >= 0.6 is 0 Å². The lowest BCUT2D eigenvalue weighted by molar-refractivity contribution is -0.135. The van der Waals surface area contributed by atoms with Crippen molar-refractivity contribution in [1.82, 2.24) is 0 Å². The highest BCUT2D eigenvalue weighted by Crippen LogP contribution is 2.68. The molecule has 2 aliphatic rings. The summed E-state index contributed by atoms with van der Waals surface area (Å²) in [4.78, 5) is 11.5. The van der Waals surface area contributed by atoms with Crippen molar-refractivity contribution in [2.24, 2.45) is 5.41 Å². The molecule has 0 aliphatic heterocycles. The predicted octanol–water partition coefficient (Wildman–Crippen LogP) is 3.10. The van der Waals surface area contributed by atoms with Crippen LogP contribution in [-0.4, -0.2) is 24.2 Å². The number of carbonyl (C=O) groups is 1. The number of hydrogen-bond acceptors (Lipinski definition) is 3. The lowest BCUT2D eigenvalue weighted by Gasteiger charge is -2.25. The maximum Gasteiger partial charge on any atom is 0.356 e. The lowest BCUT2D eigenvalue weighted by Crippen LogP contribution is -2.26. The second kappa shape index (κ2) is 4.14. The van der Waals surface area contributed by atoms with Gasteiger partial charge in [-0.15, -0.1) is 0 Å². The van der Waals surface area contributed by atoms with Crippen molar-refractivity contribution >= 4 is 11.7 Å². The van der Waals surface area contributed by atoms with Crippen molar-refractivity contribution in [1.29, 1.82) is 5.41 Å². The lowest BCUT2D eigenvalue weighted by atomic mass is 9.79. The minimum atomic E-state index is -2.63. The molecule has 3 nitrogen and oxygen atoms in total. The molecule has 1 atom stereocenters. The van der Waals surface area contributed by atoms with Crippen LogP contribution in [0.5, 0.6) is 0 Å². The van der Waals surface area contributed by atoms with E-state index in [9.17, 15) is 13.6 Å². The summed E-state index contributed by atoms with van der Waals surface area (Å²) in [6.07, 6.45) is 0.995. The van der Waals surface area contributed by atoms with E-state index in [-0.39, 0.29) is 25.2 Å². The van der Waals surface area contributed by atoms with Crippen molar-refractivity contribution < 1.29 is 18.3 Å². The van der Waals surface area contributed by atoms with E-state index >= 15 is 0 Å². The van der Waals surface area contributed by atoms with Gasteiger partial charge < -0.3 is 4.74 Å². The maximum atomic E-state index is 13.4. The molecule has 0 aromatic carbocycles. The summed E-state index contributed by atoms with van der Waals surface area (Å²) in [5.41, 5.74) is 0.0649. The molecule has 0 heterocycles. The first-order valence-electron chi connectivity index (χ1n) is 6.15. The van der Waals surface area contributed by atoms with Crippen LogP contribution in [0.3, 0.4) is 0 Å². The number of allylic oxidation sites excluding steroid dienone is 1. The van der Waals surface area contributed by atoms with Gasteiger partial charge in [0, 0.05) is 11.8 Å². The van der Waals surface area contributed by atoms with Crippen molar-refractivity contribution in [2.45, 2.75) is 45.5 Å². The molecule has 5 heteroatoms. The second-order valence-electron chi connectivity index (χ2n) is 5.19. The molecule has 0 radical (unpaired) electrons. The third-order valence-corrected chi connectivity index (χ3v) is 4.00. The Labute approximate surface area is 105 Å². The first kappa shape index (κ1) is 13.2. The molecule has 0 aromatic heterocycles. The summed E-state index contributed by atoms with van der Waals surface area (Å²) in [7, 11) is 0. The van der Waals surface area contributed by atoms with Crippen LogP contribution < -0.4 is 0 Å². The van der Waals surface area contributed by atoms with E-state index in [0.717, 1.165) is 5.57 Å². The van der Waals surface area contributed by atoms with E-state index in [1.54, 1.807) is 13.8 Å². The van der Waals surface area contributed by atoms with Gasteiger partial charge in [-0.1, -0.05) is 5.57 Å². The van der Waals surface area contributed by atoms with Gasteiger partial charge in [0.25, 0.3) is 5.92 Å². The molecule has 18 heavy (non-hydrogen) atoms. The summed E-state index contributed by atoms with van der Waals surface area (Å²) < 4.78 is 31.5. The zero-order valence-electron chi connectivity index (χ0n) is 10.6. The Morgan fingerprint density at radius 3 is 2.61 bits per heavy atom. The van der Waals surface area contributed by atoms with Crippen molar-refractivity contribution in [3.8, 4) is 0 Å². The molecule has 0 amide bonds. The van der Waals surface area contributed by atoms with Crippen molar-refractivity contribution in [3.63, 3.8) is 0 Å². The standard InChI is InChI=1S/C13H17F2NO2/c1-3-18-11(17)10(16)9-6-12(5-4-8(9)2)7-13(12,14)15/h16H,3-7H2,1-2H3. The topological polar surface area (TPSA) is 50.2 Å². The Bertz CT molecular complexity index is 442. The fraction of sp³-hybridized carbons (Fsp3) is 0.692. The smallest absolute Gasteiger partial charge is 0.356 e. The molecule has 2 aliphatic carbocycles. The van der Waals surface area contributed by atoms with Crippen LogP contribution in [0.25, 0.3) is 0 Å². The molecule has 1 spiro atoms. The largest absolute Gasteiger partial charge is 0.461 e. The highest BCUT2D eigenvalue weighted by molar-refractivity contribution is 6.42. The highest BCUT2D eigenvalue weighted by atomic mass is 19.3. The van der Waals surface area contributed by atoms with Gasteiger partial charge in [-0.3, -0.25) is 5.41 Å². The van der Waals surface area contributed by atoms with Crippen LogP contribution in [0.1, 0.15) is 39.5 Å². The molecule has 2 rings (SSSR count). The Morgan fingerprint density at radius 2 is 2.11 bits per heavy atom. The zero-order valence-corrected chi connectivity index (χ0v) is 10.6. The monoisotopic (exact) mass is 257 g/mol. The quantitative estimate of drug-likeness (QED) is 0.624. The zero-order chi connectivity index (χ0) is 13.6. The van der Waals surface area contributed by atoms with E-state index in [2.05, 4.69) is 0 Å². The van der Waals surface area contributed by atoms with Crippen LogP contribution in [0.2, 0.25) is 0 Å². The average Bonchev–Trinajstić information content (AvgIpc) is 2.83. The van der Waals surface area contributed by atoms with Gasteiger partial charge in [-0.2, -0.15) is 0 Å². The van der Waals surface area contributed by atoms with Gasteiger partial charge in [-0.25, -0.2) is 13.6 Å². The van der Waals surface area contributed by atoms with E-state index in [1.807, 2.05) is 0 Å². The van der Waals surface area contributed by atoms with Gasteiger partial charge in [-0.05, 0) is 38.7 Å². The number of alkyl halides is 2. The number of carbonyl (C=O) groups excluding carboxylic acids is 1. The van der Waals surface area contributed by atoms with Crippen LogP contribution in [0, 0.1) is 10.8 Å². The Hall–Kier alpha value is -1.26. The molecule has 1 fully saturated rings. The van der Waals surface area contributed by atoms with Crippen molar-refractivity contribution in [2.75, 3.05) is 6.61 Å². The van der Waals surface area contributed by atoms with Gasteiger partial charge >= 0.3 is 5.97 Å². The summed E-state index contributed by atoms with van der Waals surface area (Å²) in [6.45, 7) is 3.65. The van der Waals surface area contributed by atoms with Crippen molar-refractivity contribution in [3.05, 3.63) is 11.1 Å². The number of rotatable bonds is 3. The maximum absolute atomic E-state index is 13.4. The van der Waals surface area contributed by atoms with E-state index < -0.39 is 17.3 Å². The van der Waals surface area contributed by atoms with Gasteiger partial charge in [0.2, 0.25) is 0 Å². The third-order valence-electron chi connectivity index (χ3n) is 4.00. The third kappa shape index (κ3) is 1.95. The van der Waals surface area contributed by atoms with Gasteiger partial charge in [0.15, 0.2) is 0 Å². The fourth-order valence-electron chi connectivity index (χ4n) is 2.63. The fourth-order valence-corrected chi connectivity index (χ4v) is 2.63. The highest BCUT2D eigenvalue weighted by Gasteiger charge is 2.70. The minimum absolute atomic E-state index is 0.118. The number of hydrogen-bond donors (Lipinski definition) is 1. The Morgan fingerprint density at radius 1 is 1.50 bits per heavy atom. The number of halogens is 2. The first-order chi connectivity index (χ1) is 8.33. The van der Waals surface area contributed by atoms with Gasteiger partial charge in [0.05, 0.1) is 6.61 Å². The molecule has 100 valence electrons. The second-order valence-corrected chi connectivity index (χ2v) is 5.19. The molecule has 0 aromatic rings. The van der Waals surface area contributed by atoms with E-state index in [1.165, 1.54) is 0 Å². The predicted molar refractivity (Wildman–Crippen MR) is 62.9 cm³/mol. The number of nitrogens with one attached hydrogen (secondary N) is 1.